The van der Waals surface area contributed by atoms with E-state index in [0.717, 1.165) is 11.0 Å². The van der Waals surface area contributed by atoms with Crippen LogP contribution >= 0.6 is 34.5 Å². The summed E-state index contributed by atoms with van der Waals surface area (Å²) < 4.78 is 2.18. The van der Waals surface area contributed by atoms with Gasteiger partial charge in [0.1, 0.15) is 0 Å². The average Bonchev–Trinajstić information content (AvgIpc) is 3.00. The lowest BCUT2D eigenvalue weighted by Gasteiger charge is -1.99. The van der Waals surface area contributed by atoms with Crippen LogP contribution in [0, 0.1) is 0 Å². The van der Waals surface area contributed by atoms with Gasteiger partial charge in [-0.1, -0.05) is 52.7 Å². The number of thiazole rings is 1. The topological polar surface area (TPSA) is 34.4 Å². The summed E-state index contributed by atoms with van der Waals surface area (Å²) in [6, 6.07) is 12.8. The molecule has 2 heterocycles. The van der Waals surface area contributed by atoms with Gasteiger partial charge in [0.2, 0.25) is 0 Å². The Labute approximate surface area is 139 Å². The molecule has 4 rings (SSSR count). The highest BCUT2D eigenvalue weighted by Crippen LogP contribution is 2.25. The largest absolute Gasteiger partial charge is 0.274 e. The molecule has 0 aliphatic heterocycles. The Hall–Kier alpha value is -1.88. The summed E-state index contributed by atoms with van der Waals surface area (Å²) in [5, 5.41) is 1.03. The second-order valence-corrected chi connectivity index (χ2v) is 6.59. The highest BCUT2D eigenvalue weighted by Gasteiger charge is 2.11. The Bertz CT molecular complexity index is 1110. The minimum Gasteiger partial charge on any atom is -0.267 e. The number of benzene rings is 2. The first kappa shape index (κ1) is 13.8. The van der Waals surface area contributed by atoms with E-state index in [1.807, 2.05) is 24.3 Å². The van der Waals surface area contributed by atoms with Gasteiger partial charge in [0.05, 0.1) is 15.6 Å². The lowest BCUT2D eigenvalue weighted by molar-refractivity contribution is 1.19. The number of rotatable bonds is 1. The lowest BCUT2D eigenvalue weighted by atomic mass is 10.2. The van der Waals surface area contributed by atoms with Gasteiger partial charge in [0, 0.05) is 15.6 Å². The Balaban J connectivity index is 2.06. The molecule has 0 aliphatic rings. The summed E-state index contributed by atoms with van der Waals surface area (Å²) in [6.07, 6.45) is 1.72. The predicted octanol–water partition coefficient (Wildman–Crippen LogP) is 3.76. The zero-order valence-corrected chi connectivity index (χ0v) is 13.4. The highest BCUT2D eigenvalue weighted by atomic mass is 35.5. The molecular weight excluding hydrogens is 339 g/mol. The van der Waals surface area contributed by atoms with Crippen LogP contribution in [0.15, 0.2) is 47.3 Å². The lowest BCUT2D eigenvalue weighted by Crippen LogP contribution is -2.22. The smallest absolute Gasteiger partial charge is 0.267 e. The van der Waals surface area contributed by atoms with E-state index >= 15 is 0 Å². The number of fused-ring (bicyclic) bond motifs is 3. The van der Waals surface area contributed by atoms with Crippen molar-refractivity contribution in [3.8, 4) is 0 Å². The van der Waals surface area contributed by atoms with Crippen molar-refractivity contribution in [2.75, 3.05) is 0 Å². The van der Waals surface area contributed by atoms with Crippen LogP contribution in [0.5, 0.6) is 0 Å². The molecule has 0 saturated heterocycles. The monoisotopic (exact) mass is 346 g/mol. The predicted molar refractivity (Wildman–Crippen MR) is 92.1 cm³/mol. The summed E-state index contributed by atoms with van der Waals surface area (Å²) in [6.45, 7) is 0. The molecule has 0 fully saturated rings. The van der Waals surface area contributed by atoms with Crippen LogP contribution in [0.25, 0.3) is 22.1 Å². The van der Waals surface area contributed by atoms with Crippen LogP contribution in [0.4, 0.5) is 0 Å². The molecule has 4 aromatic rings. The van der Waals surface area contributed by atoms with E-state index in [4.69, 9.17) is 23.2 Å². The fraction of sp³-hybridized carbons (Fsp3) is 0. The third-order valence-electron chi connectivity index (χ3n) is 3.42. The van der Waals surface area contributed by atoms with Gasteiger partial charge in [-0.25, -0.2) is 9.38 Å². The minimum atomic E-state index is -0.107. The molecule has 0 N–H and O–H groups in total. The van der Waals surface area contributed by atoms with Gasteiger partial charge < -0.3 is 0 Å². The summed E-state index contributed by atoms with van der Waals surface area (Å²) in [5.74, 6) is 0. The summed E-state index contributed by atoms with van der Waals surface area (Å²) >= 11 is 13.7. The molecule has 6 heteroatoms. The molecule has 0 aliphatic carbocycles. The van der Waals surface area contributed by atoms with Crippen LogP contribution in [-0.4, -0.2) is 9.38 Å². The maximum atomic E-state index is 12.6. The van der Waals surface area contributed by atoms with Crippen molar-refractivity contribution in [1.29, 1.82) is 0 Å². The molecule has 2 aromatic carbocycles. The van der Waals surface area contributed by atoms with Crippen molar-refractivity contribution in [2.45, 2.75) is 0 Å². The van der Waals surface area contributed by atoms with E-state index in [0.29, 0.717) is 25.1 Å². The van der Waals surface area contributed by atoms with Crippen LogP contribution in [0.2, 0.25) is 10.0 Å². The van der Waals surface area contributed by atoms with E-state index < -0.39 is 0 Å². The zero-order valence-electron chi connectivity index (χ0n) is 11.1. The molecule has 0 radical (unpaired) electrons. The van der Waals surface area contributed by atoms with Crippen molar-refractivity contribution >= 4 is 56.6 Å². The second kappa shape index (κ2) is 5.09. The average molecular weight is 347 g/mol. The SMILES string of the molecule is O=c1/c(=C/c2c(Cl)cccc2Cl)sc2nc3ccccc3n12. The van der Waals surface area contributed by atoms with E-state index in [2.05, 4.69) is 4.98 Å². The van der Waals surface area contributed by atoms with Crippen molar-refractivity contribution in [3.05, 3.63) is 73.0 Å². The van der Waals surface area contributed by atoms with Gasteiger partial charge in [-0.05, 0) is 30.3 Å². The van der Waals surface area contributed by atoms with Crippen LogP contribution in [0.1, 0.15) is 5.56 Å². The van der Waals surface area contributed by atoms with Gasteiger partial charge in [-0.2, -0.15) is 0 Å². The zero-order chi connectivity index (χ0) is 15.3. The molecule has 0 bridgehead atoms. The number of hydrogen-bond acceptors (Lipinski definition) is 3. The number of imidazole rings is 1. The molecule has 0 amide bonds. The van der Waals surface area contributed by atoms with Gasteiger partial charge in [-0.15, -0.1) is 0 Å². The fourth-order valence-electron chi connectivity index (χ4n) is 2.39. The fourth-order valence-corrected chi connectivity index (χ4v) is 3.87. The van der Waals surface area contributed by atoms with Crippen LogP contribution < -0.4 is 10.1 Å². The maximum absolute atomic E-state index is 12.6. The van der Waals surface area contributed by atoms with Gasteiger partial charge in [0.25, 0.3) is 5.56 Å². The van der Waals surface area contributed by atoms with Gasteiger partial charge in [-0.3, -0.25) is 4.79 Å². The van der Waals surface area contributed by atoms with Crippen LogP contribution in [0.3, 0.4) is 0 Å². The summed E-state index contributed by atoms with van der Waals surface area (Å²) in [5.41, 5.74) is 2.17. The Kier molecular flexibility index (Phi) is 3.18. The molecule has 108 valence electrons. The molecule has 0 spiro atoms. The van der Waals surface area contributed by atoms with Gasteiger partial charge in [0.15, 0.2) is 4.96 Å². The number of hydrogen-bond donors (Lipinski definition) is 0. The highest BCUT2D eigenvalue weighted by molar-refractivity contribution is 7.15. The van der Waals surface area contributed by atoms with Crippen molar-refractivity contribution in [3.63, 3.8) is 0 Å². The number of halogens is 2. The molecule has 0 unspecified atom stereocenters. The number of aromatic nitrogens is 2. The Morgan fingerprint density at radius 1 is 1.05 bits per heavy atom. The summed E-state index contributed by atoms with van der Waals surface area (Å²) in [4.78, 5) is 17.8. The molecule has 3 nitrogen and oxygen atoms in total. The third kappa shape index (κ3) is 2.03. The van der Waals surface area contributed by atoms with Crippen LogP contribution in [-0.2, 0) is 0 Å². The number of nitrogens with zero attached hydrogens (tertiary/aromatic N) is 2. The Morgan fingerprint density at radius 2 is 1.77 bits per heavy atom. The first-order valence-electron chi connectivity index (χ1n) is 6.51. The van der Waals surface area contributed by atoms with Crippen molar-refractivity contribution in [2.24, 2.45) is 0 Å². The van der Waals surface area contributed by atoms with Gasteiger partial charge >= 0.3 is 0 Å². The van der Waals surface area contributed by atoms with E-state index in [1.54, 1.807) is 28.7 Å². The minimum absolute atomic E-state index is 0.107. The van der Waals surface area contributed by atoms with E-state index in [9.17, 15) is 4.79 Å². The standard InChI is InChI=1S/C16H8Cl2N2OS/c17-10-4-3-5-11(18)9(10)8-14-15(21)20-13-7-2-1-6-12(13)19-16(20)22-14/h1-8H/b14-8-. The number of para-hydroxylation sites is 2. The maximum Gasteiger partial charge on any atom is 0.274 e. The first-order valence-corrected chi connectivity index (χ1v) is 8.08. The molecule has 2 aromatic heterocycles. The molecule has 22 heavy (non-hydrogen) atoms. The Morgan fingerprint density at radius 3 is 2.55 bits per heavy atom. The quantitative estimate of drug-likeness (QED) is 0.525. The molecular formula is C16H8Cl2N2OS. The first-order chi connectivity index (χ1) is 10.6. The normalized spacial score (nSPS) is 12.5. The van der Waals surface area contributed by atoms with Crippen molar-refractivity contribution in [1.82, 2.24) is 9.38 Å². The molecule has 0 atom stereocenters. The van der Waals surface area contributed by atoms with Crippen molar-refractivity contribution < 1.29 is 0 Å². The van der Waals surface area contributed by atoms with E-state index in [1.165, 1.54) is 11.3 Å². The van der Waals surface area contributed by atoms with E-state index in [-0.39, 0.29) is 5.56 Å². The molecule has 0 saturated carbocycles. The second-order valence-electron chi connectivity index (χ2n) is 4.77. The summed E-state index contributed by atoms with van der Waals surface area (Å²) in [7, 11) is 0. The third-order valence-corrected chi connectivity index (χ3v) is 5.05.